The molecule has 5 N–H and O–H groups in total. The number of nitrogens with zero attached hydrogens (tertiary/aromatic N) is 2. The van der Waals surface area contributed by atoms with Crippen molar-refractivity contribution < 1.29 is 33.2 Å². The molecule has 0 saturated heterocycles. The lowest BCUT2D eigenvalue weighted by Crippen LogP contribution is -2.51. The second-order valence-electron chi connectivity index (χ2n) is 10.9. The van der Waals surface area contributed by atoms with Crippen LogP contribution < -0.4 is 26.6 Å². The Balaban J connectivity index is 2.65. The predicted octanol–water partition coefficient (Wildman–Crippen LogP) is -0.145. The molecule has 2 atom stereocenters. The van der Waals surface area contributed by atoms with E-state index < -0.39 is 35.9 Å². The van der Waals surface area contributed by atoms with Crippen LogP contribution in [-0.4, -0.2) is 125 Å². The van der Waals surface area contributed by atoms with Crippen LogP contribution in [0.15, 0.2) is 28.7 Å². The maximum atomic E-state index is 12.8. The summed E-state index contributed by atoms with van der Waals surface area (Å²) >= 11 is 7.53. The van der Waals surface area contributed by atoms with Gasteiger partial charge < -0.3 is 40.7 Å². The molecule has 0 aliphatic heterocycles. The summed E-state index contributed by atoms with van der Waals surface area (Å²) in [5.41, 5.74) is 0.747. The Bertz CT molecular complexity index is 1050. The standard InChI is InChI=1S/C27H44BrN7O6S/c1-34(2)14-12-30-25(38)21(33-27(40)41-17-19-8-6-7-9-20(19)28)10-11-23(36)32-22(18-42)26(39)31-16-24(37)29-13-15-35(3,4)5/h6-9,21-22H,10-18H2,1-5H3,(H5-,29,30,31,32,33,36,37,38,39,40,42)/p+1/t21-,22-/m0/s1. The molecule has 13 nitrogen and oxygen atoms in total. The van der Waals surface area contributed by atoms with Gasteiger partial charge in [-0.3, -0.25) is 19.2 Å². The highest BCUT2D eigenvalue weighted by atomic mass is 79.9. The topological polar surface area (TPSA) is 158 Å². The van der Waals surface area contributed by atoms with E-state index in [9.17, 15) is 24.0 Å². The number of quaternary nitrogens is 1. The van der Waals surface area contributed by atoms with E-state index in [1.54, 1.807) is 6.07 Å². The van der Waals surface area contributed by atoms with Crippen LogP contribution in [0, 0.1) is 0 Å². The highest BCUT2D eigenvalue weighted by Crippen LogP contribution is 2.16. The Kier molecular flexibility index (Phi) is 17.1. The Morgan fingerprint density at radius 3 is 2.21 bits per heavy atom. The van der Waals surface area contributed by atoms with Crippen molar-refractivity contribution in [1.29, 1.82) is 0 Å². The number of carbonyl (C=O) groups is 5. The summed E-state index contributed by atoms with van der Waals surface area (Å²) in [5.74, 6) is -1.91. The lowest BCUT2D eigenvalue weighted by Gasteiger charge is -2.23. The molecule has 5 amide bonds. The lowest BCUT2D eigenvalue weighted by atomic mass is 10.1. The molecule has 236 valence electrons. The SMILES string of the molecule is CN(C)CCNC(=O)[C@H](CCC(=O)N[C@@H](CS)C(=O)NCC(=O)NCC[N+](C)(C)C)NC(=O)OCc1ccccc1Br. The first-order valence-corrected chi connectivity index (χ1v) is 15.0. The van der Waals surface area contributed by atoms with Gasteiger partial charge in [-0.25, -0.2) is 4.79 Å². The van der Waals surface area contributed by atoms with Crippen molar-refractivity contribution in [2.75, 3.05) is 73.7 Å². The molecule has 0 unspecified atom stereocenters. The number of nitrogens with one attached hydrogen (secondary N) is 5. The van der Waals surface area contributed by atoms with Gasteiger partial charge in [0.25, 0.3) is 0 Å². The zero-order valence-corrected chi connectivity index (χ0v) is 27.5. The quantitative estimate of drug-likeness (QED) is 0.0934. The average Bonchev–Trinajstić information content (AvgIpc) is 2.91. The van der Waals surface area contributed by atoms with E-state index in [2.05, 4.69) is 55.1 Å². The summed E-state index contributed by atoms with van der Waals surface area (Å²) in [6.07, 6.45) is -1.02. The Morgan fingerprint density at radius 1 is 0.929 bits per heavy atom. The molecule has 0 aromatic heterocycles. The van der Waals surface area contributed by atoms with Gasteiger partial charge in [0.15, 0.2) is 0 Å². The summed E-state index contributed by atoms with van der Waals surface area (Å²) in [5, 5.41) is 13.1. The normalized spacial score (nSPS) is 12.6. The molecule has 1 aromatic carbocycles. The third kappa shape index (κ3) is 16.5. The third-order valence-electron chi connectivity index (χ3n) is 5.81. The van der Waals surface area contributed by atoms with E-state index in [-0.39, 0.29) is 37.7 Å². The van der Waals surface area contributed by atoms with Gasteiger partial charge >= 0.3 is 6.09 Å². The molecule has 15 heteroatoms. The number of benzene rings is 1. The van der Waals surface area contributed by atoms with Gasteiger partial charge in [-0.05, 0) is 26.6 Å². The van der Waals surface area contributed by atoms with E-state index in [0.717, 1.165) is 16.6 Å². The number of hydrogen-bond donors (Lipinski definition) is 6. The van der Waals surface area contributed by atoms with Crippen LogP contribution in [0.1, 0.15) is 18.4 Å². The Labute approximate surface area is 262 Å². The highest BCUT2D eigenvalue weighted by molar-refractivity contribution is 9.10. The maximum absolute atomic E-state index is 12.8. The molecule has 0 aliphatic carbocycles. The van der Waals surface area contributed by atoms with Crippen molar-refractivity contribution in [2.45, 2.75) is 31.5 Å². The zero-order chi connectivity index (χ0) is 31.7. The van der Waals surface area contributed by atoms with Gasteiger partial charge in [0.05, 0.1) is 40.8 Å². The fourth-order valence-electron chi connectivity index (χ4n) is 3.36. The van der Waals surface area contributed by atoms with Crippen LogP contribution in [0.3, 0.4) is 0 Å². The molecule has 0 bridgehead atoms. The van der Waals surface area contributed by atoms with E-state index in [1.807, 2.05) is 58.3 Å². The van der Waals surface area contributed by atoms with E-state index in [1.165, 1.54) is 0 Å². The zero-order valence-electron chi connectivity index (χ0n) is 25.0. The number of thiol groups is 1. The highest BCUT2D eigenvalue weighted by Gasteiger charge is 2.25. The molecule has 0 fully saturated rings. The Morgan fingerprint density at radius 2 is 1.60 bits per heavy atom. The first kappa shape index (κ1) is 37.1. The summed E-state index contributed by atoms with van der Waals surface area (Å²) < 4.78 is 6.73. The molecule has 42 heavy (non-hydrogen) atoms. The summed E-state index contributed by atoms with van der Waals surface area (Å²) in [6.45, 7) is 1.85. The lowest BCUT2D eigenvalue weighted by molar-refractivity contribution is -0.869. The second kappa shape index (κ2) is 19.3. The number of likely N-dealkylation sites (N-methyl/N-ethyl adjacent to an activating group) is 2. The van der Waals surface area contributed by atoms with Gasteiger partial charge in [0.1, 0.15) is 18.7 Å². The minimum atomic E-state index is -1.05. The fraction of sp³-hybridized carbons (Fsp3) is 0.593. The number of rotatable bonds is 18. The van der Waals surface area contributed by atoms with Gasteiger partial charge in [0, 0.05) is 35.3 Å². The van der Waals surface area contributed by atoms with Gasteiger partial charge in [-0.2, -0.15) is 12.6 Å². The minimum Gasteiger partial charge on any atom is -0.445 e. The van der Waals surface area contributed by atoms with Crippen molar-refractivity contribution in [3.05, 3.63) is 34.3 Å². The van der Waals surface area contributed by atoms with E-state index >= 15 is 0 Å². The van der Waals surface area contributed by atoms with E-state index in [4.69, 9.17) is 4.74 Å². The first-order chi connectivity index (χ1) is 19.7. The number of ether oxygens (including phenoxy) is 1. The number of hydrogen-bond acceptors (Lipinski definition) is 8. The monoisotopic (exact) mass is 674 g/mol. The number of amides is 5. The van der Waals surface area contributed by atoms with Crippen molar-refractivity contribution in [3.8, 4) is 0 Å². The van der Waals surface area contributed by atoms with Crippen molar-refractivity contribution >= 4 is 58.3 Å². The summed E-state index contributed by atoms with van der Waals surface area (Å²) in [7, 11) is 9.72. The first-order valence-electron chi connectivity index (χ1n) is 13.6. The number of halogens is 1. The molecule has 0 heterocycles. The Hall–Kier alpha value is -2.88. The minimum absolute atomic E-state index is 0.00519. The fourth-order valence-corrected chi connectivity index (χ4v) is 4.01. The van der Waals surface area contributed by atoms with Crippen LogP contribution in [0.2, 0.25) is 0 Å². The predicted molar refractivity (Wildman–Crippen MR) is 167 cm³/mol. The maximum Gasteiger partial charge on any atom is 0.408 e. The van der Waals surface area contributed by atoms with Gasteiger partial charge in [-0.1, -0.05) is 34.1 Å². The summed E-state index contributed by atoms with van der Waals surface area (Å²) in [6, 6.07) is 5.21. The van der Waals surface area contributed by atoms with Gasteiger partial charge in [0.2, 0.25) is 23.6 Å². The van der Waals surface area contributed by atoms with Crippen molar-refractivity contribution in [3.63, 3.8) is 0 Å². The molecular formula is C27H45BrN7O6S+. The van der Waals surface area contributed by atoms with Crippen molar-refractivity contribution in [1.82, 2.24) is 31.5 Å². The molecule has 0 aliphatic rings. The molecular weight excluding hydrogens is 630 g/mol. The van der Waals surface area contributed by atoms with Crippen molar-refractivity contribution in [2.24, 2.45) is 0 Å². The molecule has 0 saturated carbocycles. The van der Waals surface area contributed by atoms with Crippen LogP contribution >= 0.6 is 28.6 Å². The molecule has 0 spiro atoms. The van der Waals surface area contributed by atoms with E-state index in [0.29, 0.717) is 24.1 Å². The van der Waals surface area contributed by atoms with Crippen LogP contribution in [0.4, 0.5) is 4.79 Å². The molecule has 0 radical (unpaired) electrons. The van der Waals surface area contributed by atoms with Crippen LogP contribution in [-0.2, 0) is 30.5 Å². The average molecular weight is 676 g/mol. The largest absolute Gasteiger partial charge is 0.445 e. The smallest absolute Gasteiger partial charge is 0.408 e. The molecule has 1 rings (SSSR count). The third-order valence-corrected chi connectivity index (χ3v) is 6.94. The summed E-state index contributed by atoms with van der Waals surface area (Å²) in [4.78, 5) is 64.4. The van der Waals surface area contributed by atoms with Crippen LogP contribution in [0.5, 0.6) is 0 Å². The number of carbonyl (C=O) groups excluding carboxylic acids is 5. The van der Waals surface area contributed by atoms with Crippen LogP contribution in [0.25, 0.3) is 0 Å². The number of alkyl carbamates (subject to hydrolysis) is 1. The second-order valence-corrected chi connectivity index (χ2v) is 12.1. The van der Waals surface area contributed by atoms with Gasteiger partial charge in [-0.15, -0.1) is 0 Å². The molecule has 1 aromatic rings.